The Bertz CT molecular complexity index is 456. The zero-order valence-electron chi connectivity index (χ0n) is 8.81. The molecule has 1 aromatic rings. The SMILES string of the molecule is COCC(O)CNS(=O)(=O)c1cc(Cl)c(Br)s1. The van der Waals surface area contributed by atoms with Crippen molar-refractivity contribution in [3.8, 4) is 0 Å². The van der Waals surface area contributed by atoms with Crippen molar-refractivity contribution >= 4 is 48.9 Å². The first-order chi connectivity index (χ1) is 7.86. The van der Waals surface area contributed by atoms with E-state index in [2.05, 4.69) is 25.4 Å². The van der Waals surface area contributed by atoms with Gasteiger partial charge < -0.3 is 9.84 Å². The molecule has 1 atom stereocenters. The number of methoxy groups -OCH3 is 1. The molecular weight excluding hydrogens is 354 g/mol. The van der Waals surface area contributed by atoms with Gasteiger partial charge >= 0.3 is 0 Å². The lowest BCUT2D eigenvalue weighted by atomic mass is 10.4. The number of hydrogen-bond donors (Lipinski definition) is 2. The van der Waals surface area contributed by atoms with Crippen LogP contribution in [0.5, 0.6) is 0 Å². The Morgan fingerprint density at radius 2 is 2.35 bits per heavy atom. The zero-order chi connectivity index (χ0) is 13.1. The summed E-state index contributed by atoms with van der Waals surface area (Å²) in [7, 11) is -2.21. The summed E-state index contributed by atoms with van der Waals surface area (Å²) in [5.41, 5.74) is 0. The van der Waals surface area contributed by atoms with Gasteiger partial charge in [-0.05, 0) is 22.0 Å². The van der Waals surface area contributed by atoms with E-state index in [9.17, 15) is 13.5 Å². The van der Waals surface area contributed by atoms with Crippen LogP contribution in [0.4, 0.5) is 0 Å². The maximum Gasteiger partial charge on any atom is 0.250 e. The predicted octanol–water partition coefficient (Wildman–Crippen LogP) is 1.45. The standard InChI is InChI=1S/C8H11BrClNO4S2/c1-15-4-5(12)3-11-17(13,14)7-2-6(10)8(9)16-7/h2,5,11-12H,3-4H2,1H3. The van der Waals surface area contributed by atoms with Crippen LogP contribution >= 0.6 is 38.9 Å². The van der Waals surface area contributed by atoms with Gasteiger partial charge in [0, 0.05) is 13.7 Å². The number of aliphatic hydroxyl groups is 1. The highest BCUT2D eigenvalue weighted by molar-refractivity contribution is 9.11. The van der Waals surface area contributed by atoms with E-state index in [-0.39, 0.29) is 17.4 Å². The number of rotatable bonds is 6. The number of halogens is 2. The number of ether oxygens (including phenoxy) is 1. The first kappa shape index (κ1) is 15.4. The summed E-state index contributed by atoms with van der Waals surface area (Å²) in [6.45, 7) is -0.0409. The lowest BCUT2D eigenvalue weighted by molar-refractivity contribution is 0.0679. The molecule has 0 radical (unpaired) electrons. The zero-order valence-corrected chi connectivity index (χ0v) is 12.8. The summed E-state index contributed by atoms with van der Waals surface area (Å²) in [6.07, 6.45) is -0.881. The summed E-state index contributed by atoms with van der Waals surface area (Å²) >= 11 is 9.90. The minimum atomic E-state index is -3.64. The molecule has 0 fully saturated rings. The molecule has 98 valence electrons. The molecule has 0 aliphatic rings. The van der Waals surface area contributed by atoms with Gasteiger partial charge in [-0.1, -0.05) is 11.6 Å². The Hall–Kier alpha value is 0.300. The highest BCUT2D eigenvalue weighted by Gasteiger charge is 2.19. The number of aliphatic hydroxyl groups excluding tert-OH is 1. The summed E-state index contributed by atoms with van der Waals surface area (Å²) < 4.78 is 31.2. The second kappa shape index (κ2) is 6.46. The van der Waals surface area contributed by atoms with E-state index in [0.29, 0.717) is 8.81 Å². The molecule has 1 heterocycles. The minimum absolute atomic E-state index is 0.0669. The van der Waals surface area contributed by atoms with Crippen molar-refractivity contribution in [3.63, 3.8) is 0 Å². The van der Waals surface area contributed by atoms with Crippen LogP contribution in [0.1, 0.15) is 0 Å². The predicted molar refractivity (Wildman–Crippen MR) is 70.1 cm³/mol. The summed E-state index contributed by atoms with van der Waals surface area (Å²) in [5, 5.41) is 9.68. The van der Waals surface area contributed by atoms with Crippen molar-refractivity contribution in [2.75, 3.05) is 20.3 Å². The minimum Gasteiger partial charge on any atom is -0.389 e. The lowest BCUT2D eigenvalue weighted by Crippen LogP contribution is -2.34. The Kier molecular flexibility index (Phi) is 5.84. The monoisotopic (exact) mass is 363 g/mol. The van der Waals surface area contributed by atoms with Gasteiger partial charge in [0.25, 0.3) is 0 Å². The molecule has 0 amide bonds. The molecule has 1 rings (SSSR count). The van der Waals surface area contributed by atoms with Gasteiger partial charge in [0.1, 0.15) is 4.21 Å². The largest absolute Gasteiger partial charge is 0.389 e. The topological polar surface area (TPSA) is 75.6 Å². The summed E-state index contributed by atoms with van der Waals surface area (Å²) in [4.78, 5) is 0. The Labute approximate surface area is 117 Å². The molecule has 0 saturated carbocycles. The molecule has 0 aromatic carbocycles. The quantitative estimate of drug-likeness (QED) is 0.801. The van der Waals surface area contributed by atoms with Gasteiger partial charge in [-0.2, -0.15) is 0 Å². The Morgan fingerprint density at radius 3 is 2.82 bits per heavy atom. The van der Waals surface area contributed by atoms with Crippen molar-refractivity contribution in [1.82, 2.24) is 4.72 Å². The molecule has 0 aliphatic heterocycles. The lowest BCUT2D eigenvalue weighted by Gasteiger charge is -2.10. The third-order valence-corrected chi connectivity index (χ3v) is 6.13. The van der Waals surface area contributed by atoms with E-state index in [4.69, 9.17) is 11.6 Å². The molecule has 1 unspecified atom stereocenters. The molecule has 17 heavy (non-hydrogen) atoms. The fraction of sp³-hybridized carbons (Fsp3) is 0.500. The van der Waals surface area contributed by atoms with Crippen molar-refractivity contribution in [2.24, 2.45) is 0 Å². The third kappa shape index (κ3) is 4.47. The van der Waals surface area contributed by atoms with E-state index in [1.54, 1.807) is 0 Å². The van der Waals surface area contributed by atoms with Crippen molar-refractivity contribution in [3.05, 3.63) is 14.9 Å². The molecule has 1 aromatic heterocycles. The number of sulfonamides is 1. The van der Waals surface area contributed by atoms with E-state index in [0.717, 1.165) is 11.3 Å². The molecule has 5 nitrogen and oxygen atoms in total. The average molecular weight is 365 g/mol. The fourth-order valence-electron chi connectivity index (χ4n) is 0.988. The van der Waals surface area contributed by atoms with Crippen LogP contribution in [0.25, 0.3) is 0 Å². The summed E-state index contributed by atoms with van der Waals surface area (Å²) in [5.74, 6) is 0. The number of hydrogen-bond acceptors (Lipinski definition) is 5. The highest BCUT2D eigenvalue weighted by Crippen LogP contribution is 2.34. The van der Waals surface area contributed by atoms with Gasteiger partial charge in [0.15, 0.2) is 0 Å². The number of thiophene rings is 1. The second-order valence-electron chi connectivity index (χ2n) is 3.15. The van der Waals surface area contributed by atoms with Crippen LogP contribution in [-0.4, -0.2) is 39.9 Å². The van der Waals surface area contributed by atoms with E-state index in [1.165, 1.54) is 13.2 Å². The highest BCUT2D eigenvalue weighted by atomic mass is 79.9. The first-order valence-corrected chi connectivity index (χ1v) is 7.95. The first-order valence-electron chi connectivity index (χ1n) is 4.48. The molecule has 2 N–H and O–H groups in total. The summed E-state index contributed by atoms with van der Waals surface area (Å²) in [6, 6.07) is 1.35. The van der Waals surface area contributed by atoms with Gasteiger partial charge in [0.05, 0.1) is 21.5 Å². The van der Waals surface area contributed by atoms with Crippen LogP contribution in [0.3, 0.4) is 0 Å². The average Bonchev–Trinajstić information content (AvgIpc) is 2.58. The Morgan fingerprint density at radius 1 is 1.71 bits per heavy atom. The molecule has 0 saturated heterocycles. The van der Waals surface area contributed by atoms with Crippen molar-refractivity contribution in [1.29, 1.82) is 0 Å². The molecule has 0 spiro atoms. The third-order valence-electron chi connectivity index (χ3n) is 1.76. The molecule has 9 heteroatoms. The molecular formula is C8H11BrClNO4S2. The maximum absolute atomic E-state index is 11.8. The maximum atomic E-state index is 11.8. The second-order valence-corrected chi connectivity index (χ2v) is 7.92. The van der Waals surface area contributed by atoms with E-state index >= 15 is 0 Å². The van der Waals surface area contributed by atoms with E-state index < -0.39 is 16.1 Å². The normalized spacial score (nSPS) is 13.9. The smallest absolute Gasteiger partial charge is 0.250 e. The molecule has 0 bridgehead atoms. The van der Waals surface area contributed by atoms with Crippen molar-refractivity contribution in [2.45, 2.75) is 10.3 Å². The Balaban J connectivity index is 2.69. The van der Waals surface area contributed by atoms with Crippen LogP contribution < -0.4 is 4.72 Å². The van der Waals surface area contributed by atoms with Crippen LogP contribution in [0.15, 0.2) is 14.1 Å². The fourth-order valence-corrected chi connectivity index (χ4v) is 4.50. The van der Waals surface area contributed by atoms with Crippen LogP contribution in [-0.2, 0) is 14.8 Å². The van der Waals surface area contributed by atoms with Crippen LogP contribution in [0, 0.1) is 0 Å². The van der Waals surface area contributed by atoms with Crippen molar-refractivity contribution < 1.29 is 18.3 Å². The number of nitrogens with one attached hydrogen (secondary N) is 1. The van der Waals surface area contributed by atoms with Gasteiger partial charge in [-0.25, -0.2) is 13.1 Å². The van der Waals surface area contributed by atoms with Gasteiger partial charge in [-0.3, -0.25) is 0 Å². The molecule has 0 aliphatic carbocycles. The van der Waals surface area contributed by atoms with Crippen LogP contribution in [0.2, 0.25) is 5.02 Å². The van der Waals surface area contributed by atoms with E-state index in [1.807, 2.05) is 0 Å². The van der Waals surface area contributed by atoms with Gasteiger partial charge in [-0.15, -0.1) is 11.3 Å². The van der Waals surface area contributed by atoms with Gasteiger partial charge in [0.2, 0.25) is 10.0 Å².